The number of hydrogen-bond donors (Lipinski definition) is 3. The number of rotatable bonds is 3. The molecule has 0 unspecified atom stereocenters. The van der Waals surface area contributed by atoms with Gasteiger partial charge in [-0.15, -0.1) is 0 Å². The Morgan fingerprint density at radius 3 is 2.38 bits per heavy atom. The van der Waals surface area contributed by atoms with Crippen molar-refractivity contribution in [3.8, 4) is 0 Å². The molecule has 92 valence electrons. The number of carbonyl (C=O) groups is 2. The molecule has 5 heteroatoms. The molecule has 1 heterocycles. The van der Waals surface area contributed by atoms with Crippen LogP contribution in [0.5, 0.6) is 0 Å². The zero-order chi connectivity index (χ0) is 12.6. The highest BCUT2D eigenvalue weighted by Gasteiger charge is 2.38. The summed E-state index contributed by atoms with van der Waals surface area (Å²) >= 11 is 0. The lowest BCUT2D eigenvalue weighted by Gasteiger charge is -2.38. The molecular weight excluding hydrogens is 208 g/mol. The average molecular weight is 228 g/mol. The Kier molecular flexibility index (Phi) is 3.28. The van der Waals surface area contributed by atoms with Crippen LogP contribution < -0.4 is 10.6 Å². The molecule has 1 saturated heterocycles. The first-order valence-electron chi connectivity index (χ1n) is 5.47. The molecule has 0 aromatic heterocycles. The summed E-state index contributed by atoms with van der Waals surface area (Å²) in [5, 5.41) is 15.2. The summed E-state index contributed by atoms with van der Waals surface area (Å²) < 4.78 is 0. The van der Waals surface area contributed by atoms with E-state index in [9.17, 15) is 14.7 Å². The summed E-state index contributed by atoms with van der Waals surface area (Å²) in [6, 6.07) is -0.464. The smallest absolute Gasteiger partial charge is 0.243 e. The molecule has 0 aromatic rings. The van der Waals surface area contributed by atoms with E-state index in [0.29, 0.717) is 12.8 Å². The lowest BCUT2D eigenvalue weighted by molar-refractivity contribution is -0.129. The van der Waals surface area contributed by atoms with Gasteiger partial charge in [-0.05, 0) is 34.1 Å². The fourth-order valence-electron chi connectivity index (χ4n) is 1.36. The highest BCUT2D eigenvalue weighted by atomic mass is 16.3. The molecule has 16 heavy (non-hydrogen) atoms. The topological polar surface area (TPSA) is 78.4 Å². The third-order valence-electron chi connectivity index (χ3n) is 3.28. The predicted octanol–water partition coefficient (Wildman–Crippen LogP) is -0.0693. The fraction of sp³-hybridized carbons (Fsp3) is 0.818. The van der Waals surface area contributed by atoms with Crippen LogP contribution in [0, 0.1) is 0 Å². The molecule has 0 spiro atoms. The summed E-state index contributed by atoms with van der Waals surface area (Å²) in [6.45, 7) is 6.78. The summed E-state index contributed by atoms with van der Waals surface area (Å²) in [5.41, 5.74) is -1.76. The Balaban J connectivity index is 2.61. The molecule has 5 nitrogen and oxygen atoms in total. The SMILES string of the molecule is CC(C)(O)C(C)(C)NC(=O)[C@@H]1CCC(=O)N1. The first-order chi connectivity index (χ1) is 7.13. The number of hydrogen-bond acceptors (Lipinski definition) is 3. The maximum atomic E-state index is 11.8. The summed E-state index contributed by atoms with van der Waals surface area (Å²) in [6.07, 6.45) is 0.910. The zero-order valence-electron chi connectivity index (χ0n) is 10.3. The van der Waals surface area contributed by atoms with Crippen LogP contribution in [0.3, 0.4) is 0 Å². The molecule has 0 aliphatic carbocycles. The molecule has 1 aliphatic heterocycles. The lowest BCUT2D eigenvalue weighted by Crippen LogP contribution is -2.60. The van der Waals surface area contributed by atoms with E-state index in [0.717, 1.165) is 0 Å². The van der Waals surface area contributed by atoms with Crippen molar-refractivity contribution in [2.24, 2.45) is 0 Å². The van der Waals surface area contributed by atoms with Crippen LogP contribution in [0.2, 0.25) is 0 Å². The number of carbonyl (C=O) groups excluding carboxylic acids is 2. The van der Waals surface area contributed by atoms with Crippen molar-refractivity contribution in [3.63, 3.8) is 0 Å². The second kappa shape index (κ2) is 4.05. The van der Waals surface area contributed by atoms with Gasteiger partial charge in [-0.3, -0.25) is 9.59 Å². The molecule has 1 atom stereocenters. The van der Waals surface area contributed by atoms with E-state index in [1.165, 1.54) is 0 Å². The standard InChI is InChI=1S/C11H20N2O3/c1-10(2,11(3,4)16)13-9(15)7-5-6-8(14)12-7/h7,16H,5-6H2,1-4H3,(H,12,14)(H,13,15)/t7-/m0/s1. The van der Waals surface area contributed by atoms with Gasteiger partial charge in [0.2, 0.25) is 11.8 Å². The summed E-state index contributed by atoms with van der Waals surface area (Å²) in [7, 11) is 0. The molecule has 2 amide bonds. The van der Waals surface area contributed by atoms with Crippen LogP contribution in [0.25, 0.3) is 0 Å². The van der Waals surface area contributed by atoms with Crippen molar-refractivity contribution < 1.29 is 14.7 Å². The van der Waals surface area contributed by atoms with E-state index < -0.39 is 17.2 Å². The number of aliphatic hydroxyl groups is 1. The minimum Gasteiger partial charge on any atom is -0.388 e. The Hall–Kier alpha value is -1.10. The van der Waals surface area contributed by atoms with Crippen LogP contribution in [0.4, 0.5) is 0 Å². The van der Waals surface area contributed by atoms with Gasteiger partial charge in [0.05, 0.1) is 11.1 Å². The van der Waals surface area contributed by atoms with Crippen LogP contribution >= 0.6 is 0 Å². The van der Waals surface area contributed by atoms with Gasteiger partial charge in [-0.25, -0.2) is 0 Å². The predicted molar refractivity (Wildman–Crippen MR) is 59.7 cm³/mol. The molecule has 0 bridgehead atoms. The van der Waals surface area contributed by atoms with Gasteiger partial charge in [0.15, 0.2) is 0 Å². The number of nitrogens with one attached hydrogen (secondary N) is 2. The van der Waals surface area contributed by atoms with Crippen molar-refractivity contribution >= 4 is 11.8 Å². The Morgan fingerprint density at radius 2 is 2.00 bits per heavy atom. The van der Waals surface area contributed by atoms with Crippen molar-refractivity contribution in [2.75, 3.05) is 0 Å². The Labute approximate surface area is 95.6 Å². The molecule has 3 N–H and O–H groups in total. The minimum atomic E-state index is -1.02. The largest absolute Gasteiger partial charge is 0.388 e. The third kappa shape index (κ3) is 2.72. The monoisotopic (exact) mass is 228 g/mol. The fourth-order valence-corrected chi connectivity index (χ4v) is 1.36. The average Bonchev–Trinajstić information content (AvgIpc) is 2.48. The number of amides is 2. The minimum absolute atomic E-state index is 0.0961. The van der Waals surface area contributed by atoms with Crippen molar-refractivity contribution in [3.05, 3.63) is 0 Å². The van der Waals surface area contributed by atoms with Gasteiger partial charge in [0.25, 0.3) is 0 Å². The van der Waals surface area contributed by atoms with Crippen LogP contribution in [-0.4, -0.2) is 34.1 Å². The van der Waals surface area contributed by atoms with E-state index in [4.69, 9.17) is 0 Å². The molecule has 1 aliphatic rings. The molecule has 1 fully saturated rings. The van der Waals surface area contributed by atoms with Crippen molar-refractivity contribution in [2.45, 2.75) is 57.7 Å². The highest BCUT2D eigenvalue weighted by molar-refractivity contribution is 5.91. The third-order valence-corrected chi connectivity index (χ3v) is 3.28. The highest BCUT2D eigenvalue weighted by Crippen LogP contribution is 2.21. The molecule has 0 saturated carbocycles. The normalized spacial score (nSPS) is 21.8. The quantitative estimate of drug-likeness (QED) is 0.632. The van der Waals surface area contributed by atoms with Gasteiger partial charge in [-0.2, -0.15) is 0 Å². The Bertz CT molecular complexity index is 305. The summed E-state index contributed by atoms with van der Waals surface area (Å²) in [4.78, 5) is 22.8. The lowest BCUT2D eigenvalue weighted by atomic mass is 9.85. The van der Waals surface area contributed by atoms with Gasteiger partial charge in [-0.1, -0.05) is 0 Å². The second-order valence-corrected chi connectivity index (χ2v) is 5.33. The van der Waals surface area contributed by atoms with E-state index in [1.807, 2.05) is 0 Å². The first kappa shape index (κ1) is 13.0. The molecule has 1 rings (SSSR count). The molecule has 0 radical (unpaired) electrons. The zero-order valence-corrected chi connectivity index (χ0v) is 10.3. The maximum absolute atomic E-state index is 11.8. The van der Waals surface area contributed by atoms with Gasteiger partial charge < -0.3 is 15.7 Å². The van der Waals surface area contributed by atoms with Crippen LogP contribution in [0.15, 0.2) is 0 Å². The van der Waals surface area contributed by atoms with Gasteiger partial charge in [0, 0.05) is 6.42 Å². The van der Waals surface area contributed by atoms with E-state index in [1.54, 1.807) is 27.7 Å². The van der Waals surface area contributed by atoms with Gasteiger partial charge in [0.1, 0.15) is 6.04 Å². The first-order valence-corrected chi connectivity index (χ1v) is 5.47. The Morgan fingerprint density at radius 1 is 1.44 bits per heavy atom. The molecule has 0 aromatic carbocycles. The van der Waals surface area contributed by atoms with Crippen LogP contribution in [-0.2, 0) is 9.59 Å². The molecular formula is C11H20N2O3. The maximum Gasteiger partial charge on any atom is 0.243 e. The van der Waals surface area contributed by atoms with E-state index in [-0.39, 0.29) is 11.8 Å². The van der Waals surface area contributed by atoms with E-state index in [2.05, 4.69) is 10.6 Å². The van der Waals surface area contributed by atoms with E-state index >= 15 is 0 Å². The van der Waals surface area contributed by atoms with Crippen LogP contribution in [0.1, 0.15) is 40.5 Å². The van der Waals surface area contributed by atoms with Crippen molar-refractivity contribution in [1.82, 2.24) is 10.6 Å². The van der Waals surface area contributed by atoms with Crippen molar-refractivity contribution in [1.29, 1.82) is 0 Å². The van der Waals surface area contributed by atoms with Gasteiger partial charge >= 0.3 is 0 Å². The second-order valence-electron chi connectivity index (χ2n) is 5.33. The summed E-state index contributed by atoms with van der Waals surface area (Å²) in [5.74, 6) is -0.334.